The topological polar surface area (TPSA) is 71.1 Å². The highest BCUT2D eigenvalue weighted by Crippen LogP contribution is 2.52. The molecule has 0 saturated heterocycles. The van der Waals surface area contributed by atoms with Crippen LogP contribution in [0.25, 0.3) is 0 Å². The molecule has 0 aliphatic rings. The molecular weight excluding hydrogens is 331 g/mol. The third-order valence-corrected chi connectivity index (χ3v) is 4.73. The average molecular weight is 356 g/mol. The van der Waals surface area contributed by atoms with E-state index in [1.54, 1.807) is 26.8 Å². The molecule has 0 saturated carbocycles. The van der Waals surface area contributed by atoms with Crippen molar-refractivity contribution in [2.24, 2.45) is 0 Å². The second-order valence-corrected chi connectivity index (χ2v) is 6.35. The van der Waals surface area contributed by atoms with E-state index in [1.165, 1.54) is 0 Å². The fraction of sp³-hybridized carbons (Fsp3) is 0.471. The van der Waals surface area contributed by atoms with Crippen LogP contribution >= 0.6 is 7.82 Å². The summed E-state index contributed by atoms with van der Waals surface area (Å²) in [7, 11) is -3.89. The lowest BCUT2D eigenvalue weighted by atomic mass is 9.93. The Balaban J connectivity index is 3.17. The molecule has 0 radical (unpaired) electrons. The first-order valence-electron chi connectivity index (χ1n) is 7.92. The minimum Gasteiger partial charge on any atom is -0.464 e. The second-order valence-electron chi connectivity index (χ2n) is 4.73. The van der Waals surface area contributed by atoms with Gasteiger partial charge in [0.2, 0.25) is 0 Å². The van der Waals surface area contributed by atoms with Gasteiger partial charge >= 0.3 is 13.8 Å². The van der Waals surface area contributed by atoms with Gasteiger partial charge in [-0.05, 0) is 26.3 Å². The van der Waals surface area contributed by atoms with E-state index < -0.39 is 25.8 Å². The molecule has 0 fully saturated rings. The molecular formula is C17H25O6P. The molecule has 0 N–H and O–H groups in total. The van der Waals surface area contributed by atoms with Crippen molar-refractivity contribution in [3.05, 3.63) is 48.6 Å². The molecule has 2 atom stereocenters. The number of ether oxygens (including phenoxy) is 1. The molecule has 1 rings (SSSR count). The Hall–Kier alpha value is -1.46. The summed E-state index contributed by atoms with van der Waals surface area (Å²) < 4.78 is 33.5. The minimum atomic E-state index is -3.89. The van der Waals surface area contributed by atoms with Crippen LogP contribution in [-0.2, 0) is 27.7 Å². The molecule has 24 heavy (non-hydrogen) atoms. The van der Waals surface area contributed by atoms with Gasteiger partial charge < -0.3 is 4.74 Å². The van der Waals surface area contributed by atoms with Gasteiger partial charge in [0.05, 0.1) is 19.8 Å². The van der Waals surface area contributed by atoms with Crippen molar-refractivity contribution in [2.45, 2.75) is 32.8 Å². The van der Waals surface area contributed by atoms with Gasteiger partial charge in [-0.3, -0.25) is 13.6 Å². The van der Waals surface area contributed by atoms with E-state index in [-0.39, 0.29) is 19.8 Å². The number of hydrogen-bond donors (Lipinski definition) is 0. The Morgan fingerprint density at radius 1 is 1.12 bits per heavy atom. The molecule has 6 nitrogen and oxygen atoms in total. The molecule has 0 amide bonds. The Bertz CT molecular complexity index is 549. The van der Waals surface area contributed by atoms with E-state index in [1.807, 2.05) is 30.3 Å². The summed E-state index contributed by atoms with van der Waals surface area (Å²) in [6.45, 7) is 9.19. The van der Waals surface area contributed by atoms with Crippen molar-refractivity contribution in [2.75, 3.05) is 19.8 Å². The Labute approximate surface area is 143 Å². The maximum absolute atomic E-state index is 12.7. The zero-order valence-corrected chi connectivity index (χ0v) is 15.2. The van der Waals surface area contributed by atoms with Crippen molar-refractivity contribution in [3.63, 3.8) is 0 Å². The Morgan fingerprint density at radius 2 is 1.71 bits per heavy atom. The van der Waals surface area contributed by atoms with Crippen LogP contribution in [0.2, 0.25) is 0 Å². The maximum atomic E-state index is 12.7. The molecule has 7 heteroatoms. The van der Waals surface area contributed by atoms with Crippen LogP contribution in [0.3, 0.4) is 0 Å². The third kappa shape index (κ3) is 5.87. The second kappa shape index (κ2) is 10.4. The van der Waals surface area contributed by atoms with Gasteiger partial charge in [-0.1, -0.05) is 36.4 Å². The number of carbonyl (C=O) groups excluding carboxylic acids is 1. The van der Waals surface area contributed by atoms with Crippen LogP contribution in [0.4, 0.5) is 0 Å². The summed E-state index contributed by atoms with van der Waals surface area (Å²) in [5, 5.41) is 0. The highest BCUT2D eigenvalue weighted by atomic mass is 31.2. The first-order valence-corrected chi connectivity index (χ1v) is 9.39. The lowest BCUT2D eigenvalue weighted by Gasteiger charge is -2.26. The third-order valence-electron chi connectivity index (χ3n) is 3.10. The number of phosphoric acid groups is 1. The maximum Gasteiger partial charge on any atom is 0.475 e. The van der Waals surface area contributed by atoms with Crippen molar-refractivity contribution in [1.82, 2.24) is 0 Å². The normalized spacial score (nSPS) is 14.0. The van der Waals surface area contributed by atoms with Crippen LogP contribution in [0.1, 0.15) is 32.3 Å². The monoisotopic (exact) mass is 356 g/mol. The van der Waals surface area contributed by atoms with Gasteiger partial charge in [-0.15, -0.1) is 6.58 Å². The van der Waals surface area contributed by atoms with Crippen molar-refractivity contribution < 1.29 is 27.7 Å². The van der Waals surface area contributed by atoms with E-state index in [9.17, 15) is 9.36 Å². The van der Waals surface area contributed by atoms with Crippen LogP contribution < -0.4 is 0 Å². The molecule has 1 aromatic carbocycles. The largest absolute Gasteiger partial charge is 0.475 e. The van der Waals surface area contributed by atoms with Gasteiger partial charge in [-0.2, -0.15) is 0 Å². The minimum absolute atomic E-state index is 0.122. The highest BCUT2D eigenvalue weighted by molar-refractivity contribution is 7.48. The quantitative estimate of drug-likeness (QED) is 0.338. The van der Waals surface area contributed by atoms with Crippen molar-refractivity contribution in [1.29, 1.82) is 0 Å². The van der Waals surface area contributed by atoms with E-state index in [0.717, 1.165) is 5.56 Å². The number of phosphoric ester groups is 1. The average Bonchev–Trinajstić information content (AvgIpc) is 2.56. The molecule has 1 aromatic rings. The van der Waals surface area contributed by atoms with E-state index in [2.05, 4.69) is 6.58 Å². The number of esters is 1. The molecule has 0 aliphatic carbocycles. The number of hydrogen-bond acceptors (Lipinski definition) is 6. The van der Waals surface area contributed by atoms with Gasteiger partial charge in [-0.25, -0.2) is 9.36 Å². The van der Waals surface area contributed by atoms with Crippen LogP contribution in [0, 0.1) is 0 Å². The number of benzene rings is 1. The molecule has 2 unspecified atom stereocenters. The number of rotatable bonds is 11. The van der Waals surface area contributed by atoms with Crippen molar-refractivity contribution >= 4 is 13.8 Å². The smallest absolute Gasteiger partial charge is 0.464 e. The molecule has 0 heterocycles. The summed E-state index contributed by atoms with van der Waals surface area (Å²) in [5.74, 6) is -1.20. The zero-order chi connectivity index (χ0) is 18.0. The van der Waals surface area contributed by atoms with Crippen LogP contribution in [-0.4, -0.2) is 31.9 Å². The lowest BCUT2D eigenvalue weighted by molar-refractivity contribution is -0.153. The lowest BCUT2D eigenvalue weighted by Crippen LogP contribution is -2.32. The first-order chi connectivity index (χ1) is 11.5. The summed E-state index contributed by atoms with van der Waals surface area (Å²) in [6.07, 6.45) is 0.368. The van der Waals surface area contributed by atoms with E-state index >= 15 is 0 Å². The molecule has 134 valence electrons. The molecule has 0 spiro atoms. The fourth-order valence-electron chi connectivity index (χ4n) is 2.14. The summed E-state index contributed by atoms with van der Waals surface area (Å²) in [5.41, 5.74) is 0.783. The van der Waals surface area contributed by atoms with Crippen molar-refractivity contribution in [3.8, 4) is 0 Å². The first kappa shape index (κ1) is 20.6. The number of carbonyl (C=O) groups is 1. The van der Waals surface area contributed by atoms with Gasteiger partial charge in [0.1, 0.15) is 0 Å². The van der Waals surface area contributed by atoms with Gasteiger partial charge in [0, 0.05) is 5.92 Å². The van der Waals surface area contributed by atoms with E-state index in [4.69, 9.17) is 18.3 Å². The Morgan fingerprint density at radius 3 is 2.17 bits per heavy atom. The Kier molecular flexibility index (Phi) is 8.93. The van der Waals surface area contributed by atoms with E-state index in [0.29, 0.717) is 0 Å². The predicted molar refractivity (Wildman–Crippen MR) is 91.7 cm³/mol. The van der Waals surface area contributed by atoms with Crippen LogP contribution in [0.5, 0.6) is 0 Å². The molecule has 0 bridgehead atoms. The summed E-state index contributed by atoms with van der Waals surface area (Å²) in [4.78, 5) is 12.4. The molecule has 0 aliphatic heterocycles. The fourth-order valence-corrected chi connectivity index (χ4v) is 3.47. The van der Waals surface area contributed by atoms with Gasteiger partial charge in [0.15, 0.2) is 6.10 Å². The highest BCUT2D eigenvalue weighted by Gasteiger charge is 2.39. The van der Waals surface area contributed by atoms with Crippen LogP contribution in [0.15, 0.2) is 43.0 Å². The summed E-state index contributed by atoms with van der Waals surface area (Å²) in [6, 6.07) is 9.18. The predicted octanol–water partition coefficient (Wildman–Crippen LogP) is 4.09. The molecule has 0 aromatic heterocycles. The van der Waals surface area contributed by atoms with Gasteiger partial charge in [0.25, 0.3) is 0 Å². The summed E-state index contributed by atoms with van der Waals surface area (Å²) >= 11 is 0. The SMILES string of the molecule is C=CC(c1ccccc1)C(OP(=O)(OCC)OCC)C(=O)OCC. The zero-order valence-electron chi connectivity index (χ0n) is 14.3. The standard InChI is InChI=1S/C17H25O6P/c1-5-15(14-12-10-9-11-13-14)16(17(18)20-6-2)23-24(19,21-7-3)22-8-4/h5,9-13,15-16H,1,6-8H2,2-4H3.